The number of aryl methyl sites for hydroxylation is 1. The van der Waals surface area contributed by atoms with Crippen molar-refractivity contribution in [1.29, 1.82) is 0 Å². The zero-order valence-corrected chi connectivity index (χ0v) is 17.2. The van der Waals surface area contributed by atoms with Crippen molar-refractivity contribution in [3.05, 3.63) is 76.3 Å². The summed E-state index contributed by atoms with van der Waals surface area (Å²) >= 11 is 6.05. The first-order valence-electron chi connectivity index (χ1n) is 10.5. The van der Waals surface area contributed by atoms with Crippen LogP contribution in [0.2, 0.25) is 5.02 Å². The molecular formula is C25H30ClNO. The highest BCUT2D eigenvalue weighted by Crippen LogP contribution is 2.48. The Balaban J connectivity index is 1.47. The lowest BCUT2D eigenvalue weighted by molar-refractivity contribution is 0.0253. The quantitative estimate of drug-likeness (QED) is 0.702. The summed E-state index contributed by atoms with van der Waals surface area (Å²) in [5, 5.41) is 11.2. The van der Waals surface area contributed by atoms with Crippen molar-refractivity contribution < 1.29 is 5.11 Å². The summed E-state index contributed by atoms with van der Waals surface area (Å²) in [4.78, 5) is 2.60. The van der Waals surface area contributed by atoms with E-state index in [0.29, 0.717) is 5.92 Å². The molecule has 1 heterocycles. The summed E-state index contributed by atoms with van der Waals surface area (Å²) < 4.78 is 0. The van der Waals surface area contributed by atoms with Gasteiger partial charge in [-0.25, -0.2) is 0 Å². The molecule has 28 heavy (non-hydrogen) atoms. The Morgan fingerprint density at radius 2 is 1.89 bits per heavy atom. The minimum atomic E-state index is -0.0758. The van der Waals surface area contributed by atoms with E-state index in [4.69, 9.17) is 11.6 Å². The van der Waals surface area contributed by atoms with Crippen LogP contribution in [0.25, 0.3) is 6.08 Å². The molecule has 2 fully saturated rings. The van der Waals surface area contributed by atoms with E-state index in [0.717, 1.165) is 37.5 Å². The molecule has 1 saturated carbocycles. The van der Waals surface area contributed by atoms with Crippen LogP contribution in [0.1, 0.15) is 36.8 Å². The van der Waals surface area contributed by atoms with Gasteiger partial charge in [0.1, 0.15) is 0 Å². The standard InChI is InChI=1S/C25H30ClNO/c26-23-12-10-21(11-13-23)16-24-22-9-4-14-25(24,19-28)18-27(17-22)15-5-8-20-6-2-1-3-7-20/h1-3,6-7,10-13,16,22,28H,4-5,8-9,14-15,17-19H2/t22-,25+/m1/s1. The highest BCUT2D eigenvalue weighted by Gasteiger charge is 2.45. The topological polar surface area (TPSA) is 23.5 Å². The van der Waals surface area contributed by atoms with Crippen LogP contribution in [0.3, 0.4) is 0 Å². The summed E-state index contributed by atoms with van der Waals surface area (Å²) in [6.07, 6.45) is 8.18. The molecule has 2 aromatic carbocycles. The van der Waals surface area contributed by atoms with Crippen molar-refractivity contribution in [3.63, 3.8) is 0 Å². The lowest BCUT2D eigenvalue weighted by Crippen LogP contribution is -2.53. The number of likely N-dealkylation sites (tertiary alicyclic amines) is 1. The Morgan fingerprint density at radius 1 is 1.11 bits per heavy atom. The molecule has 0 radical (unpaired) electrons. The van der Waals surface area contributed by atoms with Crippen molar-refractivity contribution in [3.8, 4) is 0 Å². The molecule has 4 rings (SSSR count). The molecule has 2 aromatic rings. The average molecular weight is 396 g/mol. The molecule has 148 valence electrons. The predicted octanol–water partition coefficient (Wildman–Crippen LogP) is 5.45. The highest BCUT2D eigenvalue weighted by atomic mass is 35.5. The third-order valence-electron chi connectivity index (χ3n) is 6.54. The maximum absolute atomic E-state index is 10.4. The first-order valence-corrected chi connectivity index (χ1v) is 10.9. The average Bonchev–Trinajstić information content (AvgIpc) is 2.71. The maximum Gasteiger partial charge on any atom is 0.0537 e. The van der Waals surface area contributed by atoms with Crippen LogP contribution in [0, 0.1) is 11.3 Å². The lowest BCUT2D eigenvalue weighted by Gasteiger charge is -2.51. The molecule has 2 nitrogen and oxygen atoms in total. The van der Waals surface area contributed by atoms with Crippen molar-refractivity contribution in [1.82, 2.24) is 4.90 Å². The summed E-state index contributed by atoms with van der Waals surface area (Å²) in [6.45, 7) is 3.46. The maximum atomic E-state index is 10.4. The minimum Gasteiger partial charge on any atom is -0.395 e. The van der Waals surface area contributed by atoms with Gasteiger partial charge in [0.05, 0.1) is 6.61 Å². The van der Waals surface area contributed by atoms with Crippen molar-refractivity contribution in [2.24, 2.45) is 11.3 Å². The molecule has 1 aliphatic carbocycles. The van der Waals surface area contributed by atoms with Gasteiger partial charge in [-0.1, -0.05) is 72.1 Å². The Labute approximate surface area is 173 Å². The van der Waals surface area contributed by atoms with Crippen LogP contribution in [0.5, 0.6) is 0 Å². The number of hydrogen-bond donors (Lipinski definition) is 1. The molecule has 2 aliphatic rings. The van der Waals surface area contributed by atoms with Crippen LogP contribution in [-0.4, -0.2) is 36.2 Å². The Morgan fingerprint density at radius 3 is 2.64 bits per heavy atom. The fraction of sp³-hybridized carbons (Fsp3) is 0.440. The predicted molar refractivity (Wildman–Crippen MR) is 117 cm³/mol. The minimum absolute atomic E-state index is 0.0758. The third-order valence-corrected chi connectivity index (χ3v) is 6.79. The van der Waals surface area contributed by atoms with Gasteiger partial charge in [0.25, 0.3) is 0 Å². The summed E-state index contributed by atoms with van der Waals surface area (Å²) in [5.74, 6) is 0.557. The van der Waals surface area contributed by atoms with Gasteiger partial charge in [-0.2, -0.15) is 0 Å². The van der Waals surface area contributed by atoms with E-state index in [1.54, 1.807) is 0 Å². The van der Waals surface area contributed by atoms with Gasteiger partial charge in [-0.05, 0) is 61.4 Å². The van der Waals surface area contributed by atoms with E-state index in [2.05, 4.69) is 53.4 Å². The van der Waals surface area contributed by atoms with E-state index >= 15 is 0 Å². The number of aliphatic hydroxyl groups excluding tert-OH is 1. The zero-order valence-electron chi connectivity index (χ0n) is 16.5. The van der Waals surface area contributed by atoms with Crippen molar-refractivity contribution in [2.45, 2.75) is 32.1 Å². The molecule has 0 aromatic heterocycles. The van der Waals surface area contributed by atoms with Gasteiger partial charge in [-0.15, -0.1) is 0 Å². The zero-order chi connectivity index (χ0) is 19.4. The highest BCUT2D eigenvalue weighted by molar-refractivity contribution is 6.30. The third kappa shape index (κ3) is 4.35. The second-order valence-corrected chi connectivity index (χ2v) is 8.94. The number of rotatable bonds is 6. The monoisotopic (exact) mass is 395 g/mol. The normalized spacial score (nSPS) is 26.5. The molecule has 0 spiro atoms. The number of piperidine rings is 1. The number of halogens is 1. The smallest absolute Gasteiger partial charge is 0.0537 e. The van der Waals surface area contributed by atoms with E-state index in [1.165, 1.54) is 36.0 Å². The number of nitrogens with zero attached hydrogens (tertiary/aromatic N) is 1. The van der Waals surface area contributed by atoms with Crippen LogP contribution in [0.4, 0.5) is 0 Å². The first-order chi connectivity index (χ1) is 13.7. The van der Waals surface area contributed by atoms with E-state index in [1.807, 2.05) is 12.1 Å². The second-order valence-electron chi connectivity index (χ2n) is 8.50. The Kier molecular flexibility index (Phi) is 6.20. The van der Waals surface area contributed by atoms with Gasteiger partial charge < -0.3 is 10.0 Å². The molecule has 2 atom stereocenters. The van der Waals surface area contributed by atoms with E-state index < -0.39 is 0 Å². The fourth-order valence-electron chi connectivity index (χ4n) is 5.14. The molecule has 0 amide bonds. The van der Waals surface area contributed by atoms with E-state index in [-0.39, 0.29) is 12.0 Å². The molecule has 0 unspecified atom stereocenters. The van der Waals surface area contributed by atoms with Gasteiger partial charge in [0.2, 0.25) is 0 Å². The lowest BCUT2D eigenvalue weighted by atomic mass is 9.62. The van der Waals surface area contributed by atoms with Crippen molar-refractivity contribution in [2.75, 3.05) is 26.2 Å². The fourth-order valence-corrected chi connectivity index (χ4v) is 5.26. The summed E-state index contributed by atoms with van der Waals surface area (Å²) in [5.41, 5.74) is 4.00. The Bertz CT molecular complexity index is 801. The first kappa shape index (κ1) is 19.7. The number of hydrogen-bond acceptors (Lipinski definition) is 2. The molecule has 3 heteroatoms. The number of fused-ring (bicyclic) bond motifs is 2. The molecule has 1 saturated heterocycles. The Hall–Kier alpha value is -1.61. The number of aliphatic hydroxyl groups is 1. The van der Waals surface area contributed by atoms with Crippen molar-refractivity contribution >= 4 is 17.7 Å². The SMILES string of the molecule is OC[C@]12CCC[C@H](CN(CCCc3ccccc3)C1)C2=Cc1ccc(Cl)cc1. The molecule has 1 aliphatic heterocycles. The van der Waals surface area contributed by atoms with Crippen LogP contribution < -0.4 is 0 Å². The molecule has 2 bridgehead atoms. The summed E-state index contributed by atoms with van der Waals surface area (Å²) in [6, 6.07) is 18.8. The van der Waals surface area contributed by atoms with Crippen LogP contribution >= 0.6 is 11.6 Å². The molecular weight excluding hydrogens is 366 g/mol. The van der Waals surface area contributed by atoms with Gasteiger partial charge in [0.15, 0.2) is 0 Å². The van der Waals surface area contributed by atoms with Gasteiger partial charge in [-0.3, -0.25) is 0 Å². The second kappa shape index (κ2) is 8.82. The largest absolute Gasteiger partial charge is 0.395 e. The number of benzene rings is 2. The summed E-state index contributed by atoms with van der Waals surface area (Å²) in [7, 11) is 0. The van der Waals surface area contributed by atoms with Gasteiger partial charge in [0, 0.05) is 23.5 Å². The van der Waals surface area contributed by atoms with Gasteiger partial charge >= 0.3 is 0 Å². The molecule has 1 N–H and O–H groups in total. The van der Waals surface area contributed by atoms with E-state index in [9.17, 15) is 5.11 Å². The van der Waals surface area contributed by atoms with Crippen LogP contribution in [0.15, 0.2) is 60.2 Å². The van der Waals surface area contributed by atoms with Crippen LogP contribution in [-0.2, 0) is 6.42 Å².